The number of hydrogen-bond donors (Lipinski definition) is 0. The maximum Gasteiger partial charge on any atom is 0.140 e. The van der Waals surface area contributed by atoms with Gasteiger partial charge in [-0.15, -0.1) is 0 Å². The molecule has 1 aliphatic rings. The highest BCUT2D eigenvalue weighted by atomic mass is 19.1. The highest BCUT2D eigenvalue weighted by Gasteiger charge is 2.23. The largest absolute Gasteiger partial charge is 0.323 e. The number of halogens is 1. The molecular weight excluding hydrogens is 229 g/mol. The second kappa shape index (κ2) is 4.21. The van der Waals surface area contributed by atoms with Crippen LogP contribution >= 0.6 is 0 Å². The van der Waals surface area contributed by atoms with Crippen molar-refractivity contribution in [1.29, 1.82) is 0 Å². The van der Waals surface area contributed by atoms with Gasteiger partial charge in [-0.1, -0.05) is 0 Å². The minimum Gasteiger partial charge on any atom is -0.323 e. The fraction of sp³-hybridized carbons (Fsp3) is 0.357. The van der Waals surface area contributed by atoms with Crippen LogP contribution in [0.5, 0.6) is 0 Å². The van der Waals surface area contributed by atoms with E-state index in [1.165, 1.54) is 17.8 Å². The molecule has 3 nitrogen and oxygen atoms in total. The number of rotatable bonds is 1. The third-order valence-corrected chi connectivity index (χ3v) is 3.42. The van der Waals surface area contributed by atoms with Gasteiger partial charge in [-0.25, -0.2) is 9.37 Å². The summed E-state index contributed by atoms with van der Waals surface area (Å²) in [5, 5.41) is 0. The molecule has 0 bridgehead atoms. The van der Waals surface area contributed by atoms with Gasteiger partial charge in [-0.2, -0.15) is 0 Å². The van der Waals surface area contributed by atoms with Crippen LogP contribution < -0.4 is 0 Å². The average Bonchev–Trinajstić information content (AvgIpc) is 2.74. The minimum absolute atomic E-state index is 0.211. The Morgan fingerprint density at radius 2 is 2.00 bits per heavy atom. The first-order chi connectivity index (χ1) is 8.65. The monoisotopic (exact) mass is 245 g/mol. The molecule has 1 aliphatic heterocycles. The van der Waals surface area contributed by atoms with Crippen LogP contribution in [-0.2, 0) is 6.54 Å². The van der Waals surface area contributed by atoms with Gasteiger partial charge in [0.15, 0.2) is 0 Å². The van der Waals surface area contributed by atoms with Gasteiger partial charge in [0.2, 0.25) is 0 Å². The van der Waals surface area contributed by atoms with Gasteiger partial charge in [0, 0.05) is 24.7 Å². The van der Waals surface area contributed by atoms with Crippen LogP contribution in [0, 0.1) is 5.82 Å². The normalized spacial score (nSPS) is 19.8. The number of likely N-dealkylation sites (N-methyl/N-ethyl adjacent to an activating group) is 1. The molecule has 4 heteroatoms. The quantitative estimate of drug-likeness (QED) is 0.770. The summed E-state index contributed by atoms with van der Waals surface area (Å²) in [7, 11) is 2.12. The smallest absolute Gasteiger partial charge is 0.140 e. The Morgan fingerprint density at radius 3 is 2.72 bits per heavy atom. The van der Waals surface area contributed by atoms with Crippen molar-refractivity contribution < 1.29 is 4.39 Å². The highest BCUT2D eigenvalue weighted by Crippen LogP contribution is 2.28. The van der Waals surface area contributed by atoms with E-state index in [0.717, 1.165) is 24.5 Å². The van der Waals surface area contributed by atoms with Crippen molar-refractivity contribution in [1.82, 2.24) is 14.5 Å². The van der Waals surface area contributed by atoms with E-state index in [1.54, 1.807) is 12.1 Å². The minimum atomic E-state index is -0.211. The van der Waals surface area contributed by atoms with Crippen LogP contribution in [0.2, 0.25) is 0 Å². The molecule has 0 fully saturated rings. The molecule has 2 aromatic rings. The lowest BCUT2D eigenvalue weighted by molar-refractivity contribution is 0.235. The van der Waals surface area contributed by atoms with Crippen LogP contribution in [0.3, 0.4) is 0 Å². The second-order valence-electron chi connectivity index (χ2n) is 5.00. The summed E-state index contributed by atoms with van der Waals surface area (Å²) in [6, 6.07) is 6.93. The van der Waals surface area contributed by atoms with E-state index in [2.05, 4.69) is 28.4 Å². The Morgan fingerprint density at radius 1 is 1.28 bits per heavy atom. The van der Waals surface area contributed by atoms with Gasteiger partial charge in [0.25, 0.3) is 0 Å². The van der Waals surface area contributed by atoms with Crippen LogP contribution in [0.4, 0.5) is 4.39 Å². The number of imidazole rings is 1. The summed E-state index contributed by atoms with van der Waals surface area (Å²) in [5.41, 5.74) is 2.19. The van der Waals surface area contributed by atoms with Gasteiger partial charge < -0.3 is 4.57 Å². The van der Waals surface area contributed by atoms with E-state index in [4.69, 9.17) is 0 Å². The molecule has 1 aromatic carbocycles. The molecule has 0 saturated heterocycles. The van der Waals surface area contributed by atoms with Gasteiger partial charge >= 0.3 is 0 Å². The predicted molar refractivity (Wildman–Crippen MR) is 68.7 cm³/mol. The Hall–Kier alpha value is -1.68. The molecule has 0 aliphatic carbocycles. The zero-order valence-electron chi connectivity index (χ0n) is 10.6. The summed E-state index contributed by atoms with van der Waals surface area (Å²) < 4.78 is 15.2. The summed E-state index contributed by atoms with van der Waals surface area (Å²) in [5.74, 6) is 0.725. The molecule has 1 atom stereocenters. The first kappa shape index (κ1) is 11.4. The fourth-order valence-electron chi connectivity index (χ4n) is 2.69. The third-order valence-electron chi connectivity index (χ3n) is 3.42. The van der Waals surface area contributed by atoms with Crippen LogP contribution in [-0.4, -0.2) is 28.0 Å². The summed E-state index contributed by atoms with van der Waals surface area (Å²) in [6.45, 7) is 4.12. The van der Waals surface area contributed by atoms with Crippen molar-refractivity contribution in [3.8, 4) is 11.4 Å². The molecule has 0 spiro atoms. The lowest BCUT2D eigenvalue weighted by Gasteiger charge is -2.31. The fourth-order valence-corrected chi connectivity index (χ4v) is 2.69. The predicted octanol–water partition coefficient (Wildman–Crippen LogP) is 2.70. The molecule has 0 radical (unpaired) electrons. The van der Waals surface area contributed by atoms with Crippen molar-refractivity contribution in [2.45, 2.75) is 19.5 Å². The molecule has 1 aromatic heterocycles. The van der Waals surface area contributed by atoms with Gasteiger partial charge in [0.05, 0.1) is 11.9 Å². The molecular formula is C14H16FN3. The molecule has 2 heterocycles. The number of fused-ring (bicyclic) bond motifs is 1. The van der Waals surface area contributed by atoms with E-state index in [9.17, 15) is 4.39 Å². The summed E-state index contributed by atoms with van der Waals surface area (Å²) in [4.78, 5) is 6.78. The molecule has 0 unspecified atom stereocenters. The lowest BCUT2D eigenvalue weighted by Crippen LogP contribution is -2.33. The number of nitrogens with zero attached hydrogens (tertiary/aromatic N) is 3. The van der Waals surface area contributed by atoms with Gasteiger partial charge in [-0.05, 0) is 38.2 Å². The third kappa shape index (κ3) is 1.82. The molecule has 18 heavy (non-hydrogen) atoms. The van der Waals surface area contributed by atoms with Gasteiger partial charge in [-0.3, -0.25) is 4.90 Å². The van der Waals surface area contributed by atoms with Crippen molar-refractivity contribution >= 4 is 0 Å². The van der Waals surface area contributed by atoms with Crippen molar-refractivity contribution in [2.75, 3.05) is 13.6 Å². The van der Waals surface area contributed by atoms with Crippen LogP contribution in [0.25, 0.3) is 11.4 Å². The second-order valence-corrected chi connectivity index (χ2v) is 5.00. The standard InChI is InChI=1S/C14H16FN3/c1-10-8-17(2)9-13-7-16-14(18(10)13)11-3-5-12(15)6-4-11/h3-7,10H,8-9H2,1-2H3/t10-/m1/s1. The van der Waals surface area contributed by atoms with E-state index >= 15 is 0 Å². The Labute approximate surface area is 106 Å². The topological polar surface area (TPSA) is 21.1 Å². The van der Waals surface area contributed by atoms with Crippen molar-refractivity contribution in [3.63, 3.8) is 0 Å². The zero-order chi connectivity index (χ0) is 12.7. The number of aromatic nitrogens is 2. The van der Waals surface area contributed by atoms with E-state index < -0.39 is 0 Å². The highest BCUT2D eigenvalue weighted by molar-refractivity contribution is 5.56. The number of benzene rings is 1. The Bertz CT molecular complexity index is 559. The van der Waals surface area contributed by atoms with Crippen molar-refractivity contribution in [3.05, 3.63) is 42.0 Å². The molecule has 0 N–H and O–H groups in total. The first-order valence-corrected chi connectivity index (χ1v) is 6.16. The molecule has 3 rings (SSSR count). The van der Waals surface area contributed by atoms with Crippen molar-refractivity contribution in [2.24, 2.45) is 0 Å². The van der Waals surface area contributed by atoms with Gasteiger partial charge in [0.1, 0.15) is 11.6 Å². The number of hydrogen-bond acceptors (Lipinski definition) is 2. The first-order valence-electron chi connectivity index (χ1n) is 6.16. The maximum atomic E-state index is 13.0. The Balaban J connectivity index is 2.07. The summed E-state index contributed by atoms with van der Waals surface area (Å²) in [6.07, 6.45) is 1.92. The van der Waals surface area contributed by atoms with Crippen LogP contribution in [0.15, 0.2) is 30.5 Å². The maximum absolute atomic E-state index is 13.0. The average molecular weight is 245 g/mol. The summed E-state index contributed by atoms with van der Waals surface area (Å²) >= 11 is 0. The van der Waals surface area contributed by atoms with E-state index in [0.29, 0.717) is 6.04 Å². The zero-order valence-corrected chi connectivity index (χ0v) is 10.6. The van der Waals surface area contributed by atoms with Crippen LogP contribution in [0.1, 0.15) is 18.7 Å². The molecule has 0 saturated carbocycles. The lowest BCUT2D eigenvalue weighted by atomic mass is 10.1. The molecule has 94 valence electrons. The SMILES string of the molecule is C[C@@H]1CN(C)Cc2cnc(-c3ccc(F)cc3)n21. The molecule has 0 amide bonds. The van der Waals surface area contributed by atoms with E-state index in [-0.39, 0.29) is 5.82 Å². The Kier molecular flexibility index (Phi) is 2.67. The van der Waals surface area contributed by atoms with E-state index in [1.807, 2.05) is 6.20 Å².